The van der Waals surface area contributed by atoms with Crippen molar-refractivity contribution in [1.82, 2.24) is 9.97 Å². The molecule has 130 valence electrons. The molecule has 0 aromatic carbocycles. The Morgan fingerprint density at radius 2 is 2.04 bits per heavy atom. The molecule has 6 nitrogen and oxygen atoms in total. The van der Waals surface area contributed by atoms with Crippen molar-refractivity contribution in [3.05, 3.63) is 24.0 Å². The molecule has 1 fully saturated rings. The Morgan fingerprint density at radius 1 is 1.38 bits per heavy atom. The SMILES string of the molecule is C=Cc1nc(N(C(C)=N)/C(C)=C/CC)nc(N2CCOCC2)c1S. The van der Waals surface area contributed by atoms with Crippen LogP contribution in [0.4, 0.5) is 11.8 Å². The van der Waals surface area contributed by atoms with E-state index in [1.165, 1.54) is 0 Å². The summed E-state index contributed by atoms with van der Waals surface area (Å²) in [4.78, 5) is 13.8. The van der Waals surface area contributed by atoms with Crippen LogP contribution in [0.15, 0.2) is 23.2 Å². The zero-order valence-electron chi connectivity index (χ0n) is 14.5. The number of amidine groups is 1. The molecule has 0 radical (unpaired) electrons. The summed E-state index contributed by atoms with van der Waals surface area (Å²) in [5.74, 6) is 1.60. The number of nitrogens with one attached hydrogen (secondary N) is 1. The van der Waals surface area contributed by atoms with Gasteiger partial charge in [-0.1, -0.05) is 19.6 Å². The minimum atomic E-state index is 0.368. The van der Waals surface area contributed by atoms with E-state index in [-0.39, 0.29) is 0 Å². The number of hydrogen-bond acceptors (Lipinski definition) is 6. The second kappa shape index (κ2) is 8.30. The van der Waals surface area contributed by atoms with Gasteiger partial charge >= 0.3 is 0 Å². The van der Waals surface area contributed by atoms with Gasteiger partial charge in [0.25, 0.3) is 0 Å². The third-order valence-electron chi connectivity index (χ3n) is 3.77. The molecule has 0 aliphatic carbocycles. The third kappa shape index (κ3) is 3.96. The zero-order chi connectivity index (χ0) is 17.7. The summed E-state index contributed by atoms with van der Waals surface area (Å²) in [5, 5.41) is 8.12. The number of allylic oxidation sites excluding steroid dienone is 2. The van der Waals surface area contributed by atoms with Gasteiger partial charge in [-0.05, 0) is 26.3 Å². The third-order valence-corrected chi connectivity index (χ3v) is 4.20. The Bertz CT molecular complexity index is 653. The molecule has 0 amide bonds. The fourth-order valence-electron chi connectivity index (χ4n) is 2.64. The predicted molar refractivity (Wildman–Crippen MR) is 102 cm³/mol. The molecular weight excluding hydrogens is 322 g/mol. The number of nitrogens with zero attached hydrogens (tertiary/aromatic N) is 4. The smallest absolute Gasteiger partial charge is 0.237 e. The molecule has 1 aromatic heterocycles. The van der Waals surface area contributed by atoms with Crippen LogP contribution < -0.4 is 9.80 Å². The largest absolute Gasteiger partial charge is 0.378 e. The summed E-state index contributed by atoms with van der Waals surface area (Å²) in [5.41, 5.74) is 1.60. The van der Waals surface area contributed by atoms with Crippen LogP contribution in [0.2, 0.25) is 0 Å². The van der Waals surface area contributed by atoms with Crippen LogP contribution in [0.3, 0.4) is 0 Å². The Labute approximate surface area is 149 Å². The minimum Gasteiger partial charge on any atom is -0.378 e. The van der Waals surface area contributed by atoms with E-state index in [9.17, 15) is 0 Å². The van der Waals surface area contributed by atoms with E-state index in [0.29, 0.717) is 35.6 Å². The Hall–Kier alpha value is -1.86. The second-order valence-electron chi connectivity index (χ2n) is 5.56. The van der Waals surface area contributed by atoms with Gasteiger partial charge in [-0.25, -0.2) is 4.98 Å². The van der Waals surface area contributed by atoms with Gasteiger partial charge in [0.1, 0.15) is 11.7 Å². The first-order valence-electron chi connectivity index (χ1n) is 8.07. The molecule has 0 atom stereocenters. The molecule has 1 aliphatic heterocycles. The molecule has 1 saturated heterocycles. The fourth-order valence-corrected chi connectivity index (χ4v) is 2.98. The molecule has 0 unspecified atom stereocenters. The van der Waals surface area contributed by atoms with Gasteiger partial charge in [0.15, 0.2) is 0 Å². The monoisotopic (exact) mass is 347 g/mol. The molecule has 0 spiro atoms. The number of ether oxygens (including phenoxy) is 1. The normalized spacial score (nSPS) is 15.3. The van der Waals surface area contributed by atoms with Gasteiger partial charge in [-0.2, -0.15) is 4.98 Å². The maximum absolute atomic E-state index is 8.12. The van der Waals surface area contributed by atoms with E-state index in [1.54, 1.807) is 17.9 Å². The molecule has 24 heavy (non-hydrogen) atoms. The van der Waals surface area contributed by atoms with Crippen LogP contribution >= 0.6 is 12.6 Å². The van der Waals surface area contributed by atoms with E-state index in [2.05, 4.69) is 42.1 Å². The van der Waals surface area contributed by atoms with Crippen LogP contribution in [0, 0.1) is 5.41 Å². The average Bonchev–Trinajstić information content (AvgIpc) is 2.57. The van der Waals surface area contributed by atoms with Crippen LogP contribution in [-0.4, -0.2) is 42.1 Å². The van der Waals surface area contributed by atoms with Crippen LogP contribution in [0.25, 0.3) is 6.08 Å². The van der Waals surface area contributed by atoms with Gasteiger partial charge in [0.2, 0.25) is 5.95 Å². The molecule has 0 saturated carbocycles. The minimum absolute atomic E-state index is 0.368. The molecule has 2 heterocycles. The van der Waals surface area contributed by atoms with Crippen LogP contribution in [-0.2, 0) is 4.74 Å². The van der Waals surface area contributed by atoms with Crippen molar-refractivity contribution in [3.63, 3.8) is 0 Å². The number of hydrogen-bond donors (Lipinski definition) is 2. The Kier molecular flexibility index (Phi) is 6.39. The van der Waals surface area contributed by atoms with Crippen molar-refractivity contribution in [3.8, 4) is 0 Å². The Balaban J connectivity index is 2.54. The lowest BCUT2D eigenvalue weighted by molar-refractivity contribution is 0.122. The summed E-state index contributed by atoms with van der Waals surface area (Å²) >= 11 is 4.60. The topological polar surface area (TPSA) is 65.3 Å². The highest BCUT2D eigenvalue weighted by atomic mass is 32.1. The fraction of sp³-hybridized carbons (Fsp3) is 0.471. The van der Waals surface area contributed by atoms with Gasteiger partial charge in [-0.15, -0.1) is 12.6 Å². The maximum atomic E-state index is 8.12. The van der Waals surface area contributed by atoms with Crippen molar-refractivity contribution in [2.75, 3.05) is 36.1 Å². The molecule has 1 N–H and O–H groups in total. The number of anilines is 2. The standard InChI is InChI=1S/C17H25N5OS/c1-5-7-12(3)22(13(4)18)17-19-14(6-2)15(24)16(20-17)21-8-10-23-11-9-21/h6-7,18,24H,2,5,8-11H2,1,3-4H3/b12-7+,18-13?. The lowest BCUT2D eigenvalue weighted by Gasteiger charge is -2.30. The molecular formula is C17H25N5OS. The zero-order valence-corrected chi connectivity index (χ0v) is 15.4. The molecule has 0 bridgehead atoms. The van der Waals surface area contributed by atoms with Crippen molar-refractivity contribution < 1.29 is 4.74 Å². The van der Waals surface area contributed by atoms with Gasteiger partial charge < -0.3 is 9.64 Å². The van der Waals surface area contributed by atoms with E-state index < -0.39 is 0 Å². The van der Waals surface area contributed by atoms with Crippen molar-refractivity contribution in [2.45, 2.75) is 32.1 Å². The quantitative estimate of drug-likeness (QED) is 0.486. The van der Waals surface area contributed by atoms with Gasteiger partial charge in [0, 0.05) is 18.8 Å². The lowest BCUT2D eigenvalue weighted by Crippen LogP contribution is -2.38. The highest BCUT2D eigenvalue weighted by Gasteiger charge is 2.22. The highest BCUT2D eigenvalue weighted by molar-refractivity contribution is 7.80. The number of thiol groups is 1. The predicted octanol–water partition coefficient (Wildman–Crippen LogP) is 3.36. The van der Waals surface area contributed by atoms with Crippen LogP contribution in [0.5, 0.6) is 0 Å². The van der Waals surface area contributed by atoms with E-state index in [4.69, 9.17) is 15.1 Å². The van der Waals surface area contributed by atoms with E-state index in [0.717, 1.165) is 31.0 Å². The van der Waals surface area contributed by atoms with E-state index >= 15 is 0 Å². The molecule has 1 aromatic rings. The molecule has 2 rings (SSSR count). The first-order chi connectivity index (χ1) is 11.5. The van der Waals surface area contributed by atoms with Crippen molar-refractivity contribution in [1.29, 1.82) is 5.41 Å². The summed E-state index contributed by atoms with van der Waals surface area (Å²) in [7, 11) is 0. The number of aromatic nitrogens is 2. The number of rotatable bonds is 5. The van der Waals surface area contributed by atoms with Gasteiger partial charge in [0.05, 0.1) is 23.8 Å². The average molecular weight is 347 g/mol. The first-order valence-corrected chi connectivity index (χ1v) is 8.52. The molecule has 1 aliphatic rings. The molecule has 7 heteroatoms. The van der Waals surface area contributed by atoms with Crippen LogP contribution in [0.1, 0.15) is 32.9 Å². The summed E-state index contributed by atoms with van der Waals surface area (Å²) < 4.78 is 5.42. The second-order valence-corrected chi connectivity index (χ2v) is 6.01. The first kappa shape index (κ1) is 18.5. The summed E-state index contributed by atoms with van der Waals surface area (Å²) in [6.45, 7) is 12.4. The van der Waals surface area contributed by atoms with E-state index in [1.807, 2.05) is 6.92 Å². The lowest BCUT2D eigenvalue weighted by atomic mass is 10.3. The van der Waals surface area contributed by atoms with Crippen molar-refractivity contribution in [2.24, 2.45) is 0 Å². The number of morpholine rings is 1. The Morgan fingerprint density at radius 3 is 2.58 bits per heavy atom. The van der Waals surface area contributed by atoms with Crippen molar-refractivity contribution >= 4 is 36.3 Å². The summed E-state index contributed by atoms with van der Waals surface area (Å²) in [6.07, 6.45) is 4.61. The van der Waals surface area contributed by atoms with Gasteiger partial charge in [-0.3, -0.25) is 10.3 Å². The maximum Gasteiger partial charge on any atom is 0.237 e. The highest BCUT2D eigenvalue weighted by Crippen LogP contribution is 2.29. The summed E-state index contributed by atoms with van der Waals surface area (Å²) in [6, 6.07) is 0.